The number of pyridine rings is 1. The van der Waals surface area contributed by atoms with E-state index in [1.54, 1.807) is 18.3 Å². The van der Waals surface area contributed by atoms with E-state index in [0.717, 1.165) is 0 Å². The monoisotopic (exact) mass is 258 g/mol. The van der Waals surface area contributed by atoms with Crippen molar-refractivity contribution in [3.63, 3.8) is 0 Å². The van der Waals surface area contributed by atoms with Crippen LogP contribution in [0, 0.1) is 10.1 Å². The second-order valence-electron chi connectivity index (χ2n) is 3.62. The molecule has 0 saturated carbocycles. The third kappa shape index (κ3) is 3.50. The van der Waals surface area contributed by atoms with Crippen molar-refractivity contribution >= 4 is 23.1 Å². The lowest BCUT2D eigenvalue weighted by Gasteiger charge is -2.06. The fourth-order valence-corrected chi connectivity index (χ4v) is 1.40. The molecule has 0 unspecified atom stereocenters. The molecule has 7 nitrogen and oxygen atoms in total. The van der Waals surface area contributed by atoms with Crippen molar-refractivity contribution in [2.75, 3.05) is 10.6 Å². The molecule has 0 spiro atoms. The topological polar surface area (TPSA) is 97.2 Å². The molecular formula is C12H10N4O3. The summed E-state index contributed by atoms with van der Waals surface area (Å²) in [6, 6.07) is 8.51. The number of carbonyl (C=O) groups is 1. The van der Waals surface area contributed by atoms with Crippen molar-refractivity contribution in [3.05, 3.63) is 58.9 Å². The highest BCUT2D eigenvalue weighted by Gasteiger charge is 2.06. The van der Waals surface area contributed by atoms with Crippen LogP contribution < -0.4 is 10.6 Å². The Balaban J connectivity index is 1.97. The maximum Gasteiger partial charge on any atom is 0.323 e. The molecule has 7 heteroatoms. The number of hydrogen-bond donors (Lipinski definition) is 2. The Labute approximate surface area is 108 Å². The Morgan fingerprint density at radius 2 is 1.79 bits per heavy atom. The molecule has 0 atom stereocenters. The minimum atomic E-state index is -0.501. The van der Waals surface area contributed by atoms with E-state index >= 15 is 0 Å². The molecule has 96 valence electrons. The third-order valence-corrected chi connectivity index (χ3v) is 2.26. The summed E-state index contributed by atoms with van der Waals surface area (Å²) in [4.78, 5) is 25.4. The second-order valence-corrected chi connectivity index (χ2v) is 3.62. The maximum absolute atomic E-state index is 11.6. The highest BCUT2D eigenvalue weighted by Crippen LogP contribution is 2.15. The number of amides is 2. The average molecular weight is 258 g/mol. The average Bonchev–Trinajstić information content (AvgIpc) is 2.40. The number of nitro benzene ring substituents is 1. The highest BCUT2D eigenvalue weighted by atomic mass is 16.6. The van der Waals surface area contributed by atoms with Crippen LogP contribution in [0.2, 0.25) is 0 Å². The molecule has 2 amide bonds. The van der Waals surface area contributed by atoms with Gasteiger partial charge in [0.05, 0.1) is 16.8 Å². The van der Waals surface area contributed by atoms with Gasteiger partial charge in [0.1, 0.15) is 0 Å². The summed E-state index contributed by atoms with van der Waals surface area (Å²) in [5, 5.41) is 15.6. The van der Waals surface area contributed by atoms with E-state index in [4.69, 9.17) is 0 Å². The molecule has 0 aliphatic heterocycles. The molecule has 0 aliphatic rings. The summed E-state index contributed by atoms with van der Waals surface area (Å²) in [6.45, 7) is 0. The molecule has 1 aromatic carbocycles. The molecular weight excluding hydrogens is 248 g/mol. The molecule has 1 aromatic heterocycles. The van der Waals surface area contributed by atoms with Gasteiger partial charge < -0.3 is 10.6 Å². The van der Waals surface area contributed by atoms with Gasteiger partial charge in [-0.1, -0.05) is 0 Å². The van der Waals surface area contributed by atoms with E-state index in [-0.39, 0.29) is 5.69 Å². The number of nitrogens with one attached hydrogen (secondary N) is 2. The third-order valence-electron chi connectivity index (χ3n) is 2.26. The Bertz CT molecular complexity index is 584. The number of urea groups is 1. The van der Waals surface area contributed by atoms with Gasteiger partial charge >= 0.3 is 6.03 Å². The Kier molecular flexibility index (Phi) is 3.67. The lowest BCUT2D eigenvalue weighted by Crippen LogP contribution is -2.19. The molecule has 1 heterocycles. The van der Waals surface area contributed by atoms with Crippen LogP contribution >= 0.6 is 0 Å². The summed E-state index contributed by atoms with van der Waals surface area (Å²) in [6.07, 6.45) is 3.11. The molecule has 19 heavy (non-hydrogen) atoms. The lowest BCUT2D eigenvalue weighted by atomic mass is 10.3. The number of rotatable bonds is 3. The van der Waals surface area contributed by atoms with Gasteiger partial charge in [0.2, 0.25) is 0 Å². The standard InChI is InChI=1S/C12H10N4O3/c17-12(15-10-2-1-7-13-8-10)14-9-3-5-11(6-4-9)16(18)19/h1-8H,(H2,14,15,17). The van der Waals surface area contributed by atoms with Gasteiger partial charge in [-0.3, -0.25) is 15.1 Å². The maximum atomic E-state index is 11.6. The van der Waals surface area contributed by atoms with Crippen molar-refractivity contribution < 1.29 is 9.72 Å². The van der Waals surface area contributed by atoms with Crippen molar-refractivity contribution in [1.82, 2.24) is 4.98 Å². The molecule has 0 bridgehead atoms. The number of nitro groups is 1. The van der Waals surface area contributed by atoms with Crippen LogP contribution in [0.5, 0.6) is 0 Å². The predicted molar refractivity (Wildman–Crippen MR) is 70.0 cm³/mol. The smallest absolute Gasteiger partial charge is 0.308 e. The van der Waals surface area contributed by atoms with Gasteiger partial charge in [-0.15, -0.1) is 0 Å². The molecule has 0 saturated heterocycles. The second kappa shape index (κ2) is 5.58. The van der Waals surface area contributed by atoms with Crippen LogP contribution in [0.25, 0.3) is 0 Å². The summed E-state index contributed by atoms with van der Waals surface area (Å²) in [5.41, 5.74) is 0.993. The van der Waals surface area contributed by atoms with E-state index in [0.29, 0.717) is 11.4 Å². The van der Waals surface area contributed by atoms with Crippen molar-refractivity contribution in [3.8, 4) is 0 Å². The van der Waals surface area contributed by atoms with E-state index in [1.165, 1.54) is 30.5 Å². The minimum absolute atomic E-state index is 0.0294. The van der Waals surface area contributed by atoms with E-state index < -0.39 is 11.0 Å². The molecule has 0 radical (unpaired) electrons. The highest BCUT2D eigenvalue weighted by molar-refractivity contribution is 5.99. The van der Waals surface area contributed by atoms with Crippen LogP contribution in [0.1, 0.15) is 0 Å². The first-order valence-electron chi connectivity index (χ1n) is 5.37. The van der Waals surface area contributed by atoms with E-state index in [9.17, 15) is 14.9 Å². The fraction of sp³-hybridized carbons (Fsp3) is 0. The largest absolute Gasteiger partial charge is 0.323 e. The molecule has 2 aromatic rings. The zero-order chi connectivity index (χ0) is 13.7. The zero-order valence-electron chi connectivity index (χ0n) is 9.74. The number of hydrogen-bond acceptors (Lipinski definition) is 4. The van der Waals surface area contributed by atoms with Gasteiger partial charge in [-0.25, -0.2) is 4.79 Å². The molecule has 0 fully saturated rings. The minimum Gasteiger partial charge on any atom is -0.308 e. The van der Waals surface area contributed by atoms with Crippen molar-refractivity contribution in [2.24, 2.45) is 0 Å². The van der Waals surface area contributed by atoms with Gasteiger partial charge in [0.15, 0.2) is 0 Å². The van der Waals surface area contributed by atoms with Gasteiger partial charge in [0, 0.05) is 24.0 Å². The normalized spacial score (nSPS) is 9.68. The fourth-order valence-electron chi connectivity index (χ4n) is 1.40. The predicted octanol–water partition coefficient (Wildman–Crippen LogP) is 2.63. The van der Waals surface area contributed by atoms with Crippen LogP contribution in [-0.2, 0) is 0 Å². The zero-order valence-corrected chi connectivity index (χ0v) is 9.74. The number of anilines is 2. The van der Waals surface area contributed by atoms with Gasteiger partial charge in [-0.05, 0) is 24.3 Å². The first-order chi connectivity index (χ1) is 9.15. The summed E-state index contributed by atoms with van der Waals surface area (Å²) < 4.78 is 0. The summed E-state index contributed by atoms with van der Waals surface area (Å²) in [7, 11) is 0. The quantitative estimate of drug-likeness (QED) is 0.653. The number of benzene rings is 1. The number of carbonyl (C=O) groups excluding carboxylic acids is 1. The van der Waals surface area contributed by atoms with Gasteiger partial charge in [0.25, 0.3) is 5.69 Å². The van der Waals surface area contributed by atoms with E-state index in [1.807, 2.05) is 0 Å². The Morgan fingerprint density at radius 3 is 2.37 bits per heavy atom. The molecule has 0 aliphatic carbocycles. The first kappa shape index (κ1) is 12.5. The van der Waals surface area contributed by atoms with Crippen molar-refractivity contribution in [1.29, 1.82) is 0 Å². The van der Waals surface area contributed by atoms with Crippen LogP contribution in [0.3, 0.4) is 0 Å². The SMILES string of the molecule is O=C(Nc1ccc([N+](=O)[O-])cc1)Nc1cccnc1. The lowest BCUT2D eigenvalue weighted by molar-refractivity contribution is -0.384. The van der Waals surface area contributed by atoms with Crippen LogP contribution in [0.4, 0.5) is 21.9 Å². The molecule has 2 rings (SSSR count). The van der Waals surface area contributed by atoms with Gasteiger partial charge in [-0.2, -0.15) is 0 Å². The number of aromatic nitrogens is 1. The molecule has 2 N–H and O–H groups in total. The number of nitrogens with zero attached hydrogens (tertiary/aromatic N) is 2. The number of non-ortho nitro benzene ring substituents is 1. The summed E-state index contributed by atoms with van der Waals surface area (Å²) >= 11 is 0. The Morgan fingerprint density at radius 1 is 1.11 bits per heavy atom. The summed E-state index contributed by atoms with van der Waals surface area (Å²) in [5.74, 6) is 0. The van der Waals surface area contributed by atoms with Crippen molar-refractivity contribution in [2.45, 2.75) is 0 Å². The van der Waals surface area contributed by atoms with Crippen LogP contribution in [0.15, 0.2) is 48.8 Å². The van der Waals surface area contributed by atoms with Crippen LogP contribution in [-0.4, -0.2) is 15.9 Å². The Hall–Kier alpha value is -2.96. The first-order valence-corrected chi connectivity index (χ1v) is 5.37. The van der Waals surface area contributed by atoms with E-state index in [2.05, 4.69) is 15.6 Å².